The lowest BCUT2D eigenvalue weighted by Crippen LogP contribution is -2.14. The van der Waals surface area contributed by atoms with Gasteiger partial charge in [-0.2, -0.15) is 0 Å². The number of carbonyl (C=O) groups is 2. The molecule has 102 valence electrons. The maximum absolute atomic E-state index is 11.3. The van der Waals surface area contributed by atoms with Crippen LogP contribution in [0.4, 0.5) is 5.69 Å². The molecule has 1 amide bonds. The van der Waals surface area contributed by atoms with Crippen molar-refractivity contribution in [3.05, 3.63) is 42.0 Å². The molecule has 0 fully saturated rings. The van der Waals surface area contributed by atoms with Gasteiger partial charge in [0.1, 0.15) is 0 Å². The molecule has 0 radical (unpaired) electrons. The number of primary sulfonamides is 1. The third kappa shape index (κ3) is 6.34. The largest absolute Gasteiger partial charge is 0.478 e. The molecule has 0 saturated carbocycles. The van der Waals surface area contributed by atoms with Gasteiger partial charge in [0.05, 0.1) is 5.75 Å². The number of nitrogens with one attached hydrogen (secondary N) is 1. The molecule has 0 unspecified atom stereocenters. The highest BCUT2D eigenvalue weighted by atomic mass is 32.2. The third-order valence-electron chi connectivity index (χ3n) is 1.97. The van der Waals surface area contributed by atoms with Crippen LogP contribution >= 0.6 is 0 Å². The Hall–Kier alpha value is -2.19. The smallest absolute Gasteiger partial charge is 0.328 e. The van der Waals surface area contributed by atoms with Crippen LogP contribution in [0.25, 0.3) is 0 Å². The minimum absolute atomic E-state index is 0.292. The van der Waals surface area contributed by atoms with Crippen LogP contribution in [0.5, 0.6) is 0 Å². The van der Waals surface area contributed by atoms with Crippen LogP contribution in [0, 0.1) is 0 Å². The summed E-state index contributed by atoms with van der Waals surface area (Å²) in [6.45, 7) is 0. The second kappa shape index (κ2) is 6.12. The summed E-state index contributed by atoms with van der Waals surface area (Å²) in [4.78, 5) is 21.5. The fourth-order valence-electron chi connectivity index (χ4n) is 1.25. The first-order chi connectivity index (χ1) is 8.76. The fraction of sp³-hybridized carbons (Fsp3) is 0.0909. The van der Waals surface area contributed by atoms with Crippen LogP contribution in [-0.2, 0) is 25.4 Å². The summed E-state index contributed by atoms with van der Waals surface area (Å²) in [7, 11) is -3.60. The highest BCUT2D eigenvalue weighted by Crippen LogP contribution is 2.11. The van der Waals surface area contributed by atoms with E-state index in [9.17, 15) is 18.0 Å². The van der Waals surface area contributed by atoms with Gasteiger partial charge in [0, 0.05) is 17.8 Å². The number of hydrogen-bond donors (Lipinski definition) is 3. The number of sulfonamides is 1. The van der Waals surface area contributed by atoms with Crippen LogP contribution in [0.1, 0.15) is 5.56 Å². The Morgan fingerprint density at radius 1 is 1.21 bits per heavy atom. The highest BCUT2D eigenvalue weighted by Gasteiger charge is 2.05. The average Bonchev–Trinajstić information content (AvgIpc) is 2.27. The second-order valence-corrected chi connectivity index (χ2v) is 5.28. The molecule has 1 aromatic rings. The van der Waals surface area contributed by atoms with Crippen molar-refractivity contribution in [1.82, 2.24) is 0 Å². The van der Waals surface area contributed by atoms with E-state index in [4.69, 9.17) is 10.2 Å². The van der Waals surface area contributed by atoms with Gasteiger partial charge in [0.15, 0.2) is 0 Å². The Balaban J connectivity index is 2.67. The zero-order valence-electron chi connectivity index (χ0n) is 9.74. The van der Waals surface area contributed by atoms with Gasteiger partial charge in [-0.3, -0.25) is 4.79 Å². The standard InChI is InChI=1S/C11H12N2O5S/c12-19(17,18)7-8-1-3-9(4-2-8)13-10(14)5-6-11(15)16/h1-6H,7H2,(H,13,14)(H,15,16)(H2,12,17,18)/b6-5+. The molecule has 4 N–H and O–H groups in total. The van der Waals surface area contributed by atoms with E-state index in [1.807, 2.05) is 0 Å². The number of nitrogens with two attached hydrogens (primary N) is 1. The number of hydrogen-bond acceptors (Lipinski definition) is 4. The van der Waals surface area contributed by atoms with Crippen LogP contribution in [0.15, 0.2) is 36.4 Å². The Morgan fingerprint density at radius 2 is 1.79 bits per heavy atom. The summed E-state index contributed by atoms with van der Waals surface area (Å²) in [6, 6.07) is 5.99. The molecule has 0 aliphatic heterocycles. The summed E-state index contributed by atoms with van der Waals surface area (Å²) < 4.78 is 21.7. The molecule has 8 heteroatoms. The van der Waals surface area contributed by atoms with E-state index in [2.05, 4.69) is 5.32 Å². The number of anilines is 1. The lowest BCUT2D eigenvalue weighted by molar-refractivity contribution is -0.131. The van der Waals surface area contributed by atoms with Crippen LogP contribution < -0.4 is 10.5 Å². The zero-order valence-corrected chi connectivity index (χ0v) is 10.6. The van der Waals surface area contributed by atoms with E-state index in [0.717, 1.165) is 6.08 Å². The Bertz CT molecular complexity index is 604. The van der Waals surface area contributed by atoms with Crippen molar-refractivity contribution < 1.29 is 23.1 Å². The zero-order chi connectivity index (χ0) is 14.5. The Kier molecular flexibility index (Phi) is 4.79. The number of carboxylic acids is 1. The van der Waals surface area contributed by atoms with Gasteiger partial charge in [-0.05, 0) is 17.7 Å². The predicted molar refractivity (Wildman–Crippen MR) is 68.7 cm³/mol. The Labute approximate surface area is 109 Å². The SMILES string of the molecule is NS(=O)(=O)Cc1ccc(NC(=O)/C=C/C(=O)O)cc1. The average molecular weight is 284 g/mol. The summed E-state index contributed by atoms with van der Waals surface area (Å²) >= 11 is 0. The molecule has 19 heavy (non-hydrogen) atoms. The monoisotopic (exact) mass is 284 g/mol. The minimum Gasteiger partial charge on any atom is -0.478 e. The maximum Gasteiger partial charge on any atom is 0.328 e. The number of carboxylic acid groups (broad SMARTS) is 1. The lowest BCUT2D eigenvalue weighted by atomic mass is 10.2. The van der Waals surface area contributed by atoms with E-state index >= 15 is 0 Å². The van der Waals surface area contributed by atoms with Crippen molar-refractivity contribution in [2.75, 3.05) is 5.32 Å². The number of aliphatic carboxylic acids is 1. The van der Waals surface area contributed by atoms with Gasteiger partial charge in [0.2, 0.25) is 15.9 Å². The molecule has 0 aromatic heterocycles. The summed E-state index contributed by atoms with van der Waals surface area (Å²) in [5.74, 6) is -2.11. The third-order valence-corrected chi connectivity index (χ3v) is 2.70. The molecule has 0 aliphatic carbocycles. The molecule has 0 bridgehead atoms. The number of benzene rings is 1. The van der Waals surface area contributed by atoms with Crippen molar-refractivity contribution in [1.29, 1.82) is 0 Å². The van der Waals surface area contributed by atoms with E-state index < -0.39 is 21.9 Å². The van der Waals surface area contributed by atoms with Crippen molar-refractivity contribution >= 4 is 27.6 Å². The molecule has 1 rings (SSSR count). The first-order valence-electron chi connectivity index (χ1n) is 5.08. The van der Waals surface area contributed by atoms with Crippen LogP contribution in [0.3, 0.4) is 0 Å². The van der Waals surface area contributed by atoms with Crippen molar-refractivity contribution in [2.45, 2.75) is 5.75 Å². The first kappa shape index (κ1) is 14.9. The molecular weight excluding hydrogens is 272 g/mol. The minimum atomic E-state index is -3.60. The second-order valence-electron chi connectivity index (χ2n) is 3.66. The number of carbonyl (C=O) groups excluding carboxylic acids is 1. The van der Waals surface area contributed by atoms with Crippen molar-refractivity contribution in [3.63, 3.8) is 0 Å². The summed E-state index contributed by atoms with van der Waals surface area (Å²) in [5, 5.41) is 15.6. The number of amides is 1. The maximum atomic E-state index is 11.3. The normalized spacial score (nSPS) is 11.4. The first-order valence-corrected chi connectivity index (χ1v) is 6.79. The Morgan fingerprint density at radius 3 is 2.26 bits per heavy atom. The number of rotatable bonds is 5. The molecule has 0 spiro atoms. The van der Waals surface area contributed by atoms with Crippen molar-refractivity contribution in [2.24, 2.45) is 5.14 Å². The molecule has 7 nitrogen and oxygen atoms in total. The summed E-state index contributed by atoms with van der Waals surface area (Å²) in [6.07, 6.45) is 1.59. The van der Waals surface area contributed by atoms with Gasteiger partial charge in [0.25, 0.3) is 0 Å². The van der Waals surface area contributed by atoms with E-state index in [0.29, 0.717) is 17.3 Å². The predicted octanol–water partition coefficient (Wildman–Crippen LogP) is 0.0544. The van der Waals surface area contributed by atoms with Gasteiger partial charge in [-0.25, -0.2) is 18.4 Å². The molecule has 0 aliphatic rings. The molecule has 0 atom stereocenters. The quantitative estimate of drug-likeness (QED) is 0.659. The molecular formula is C11H12N2O5S. The van der Waals surface area contributed by atoms with Gasteiger partial charge in [-0.15, -0.1) is 0 Å². The fourth-order valence-corrected chi connectivity index (χ4v) is 1.90. The highest BCUT2D eigenvalue weighted by molar-refractivity contribution is 7.88. The molecule has 0 heterocycles. The van der Waals surface area contributed by atoms with Gasteiger partial charge in [-0.1, -0.05) is 12.1 Å². The molecule has 0 saturated heterocycles. The lowest BCUT2D eigenvalue weighted by Gasteiger charge is -2.03. The van der Waals surface area contributed by atoms with Gasteiger partial charge < -0.3 is 10.4 Å². The van der Waals surface area contributed by atoms with E-state index in [1.165, 1.54) is 24.3 Å². The molecule has 1 aromatic carbocycles. The van der Waals surface area contributed by atoms with Crippen molar-refractivity contribution in [3.8, 4) is 0 Å². The van der Waals surface area contributed by atoms with E-state index in [1.54, 1.807) is 0 Å². The topological polar surface area (TPSA) is 127 Å². The van der Waals surface area contributed by atoms with Crippen LogP contribution in [0.2, 0.25) is 0 Å². The van der Waals surface area contributed by atoms with E-state index in [-0.39, 0.29) is 5.75 Å². The summed E-state index contributed by atoms with van der Waals surface area (Å²) in [5.41, 5.74) is 0.903. The van der Waals surface area contributed by atoms with Gasteiger partial charge >= 0.3 is 5.97 Å². The van der Waals surface area contributed by atoms with Crippen LogP contribution in [-0.4, -0.2) is 25.4 Å².